The average Bonchev–Trinajstić information content (AvgIpc) is 3.39. The molecule has 0 bridgehead atoms. The lowest BCUT2D eigenvalue weighted by molar-refractivity contribution is 0.102. The van der Waals surface area contributed by atoms with Crippen molar-refractivity contribution in [2.75, 3.05) is 5.32 Å². The Bertz CT molecular complexity index is 1040. The molecule has 0 unspecified atom stereocenters. The first-order valence-electron chi connectivity index (χ1n) is 8.91. The highest BCUT2D eigenvalue weighted by Crippen LogP contribution is 2.28. The van der Waals surface area contributed by atoms with E-state index in [-0.39, 0.29) is 5.91 Å². The Hall–Kier alpha value is -2.83. The van der Waals surface area contributed by atoms with Crippen LogP contribution in [0.3, 0.4) is 0 Å². The number of benzene rings is 2. The first-order chi connectivity index (χ1) is 13.8. The molecule has 0 atom stereocenters. The Labute approximate surface area is 172 Å². The van der Waals surface area contributed by atoms with E-state index < -0.39 is 0 Å². The molecule has 4 nitrogen and oxygen atoms in total. The fourth-order valence-electron chi connectivity index (χ4n) is 2.79. The van der Waals surface area contributed by atoms with Crippen LogP contribution in [0.2, 0.25) is 0 Å². The van der Waals surface area contributed by atoms with Crippen molar-refractivity contribution in [1.29, 1.82) is 0 Å². The van der Waals surface area contributed by atoms with Crippen LogP contribution < -0.4 is 5.32 Å². The predicted molar refractivity (Wildman–Crippen MR) is 116 cm³/mol. The molecule has 0 aliphatic rings. The molecule has 0 aliphatic heterocycles. The molecule has 0 spiro atoms. The van der Waals surface area contributed by atoms with Crippen molar-refractivity contribution in [3.63, 3.8) is 0 Å². The Kier molecular flexibility index (Phi) is 5.89. The molecular weight excluding hydrogens is 386 g/mol. The molecule has 2 aromatic heterocycles. The third-order valence-corrected chi connectivity index (χ3v) is 6.33. The van der Waals surface area contributed by atoms with E-state index in [1.54, 1.807) is 23.1 Å². The molecule has 2 aromatic carbocycles. The van der Waals surface area contributed by atoms with Gasteiger partial charge in [0.25, 0.3) is 5.91 Å². The maximum atomic E-state index is 12.8. The van der Waals surface area contributed by atoms with Crippen LogP contribution in [-0.2, 0) is 12.3 Å². The van der Waals surface area contributed by atoms with E-state index >= 15 is 0 Å². The van der Waals surface area contributed by atoms with Crippen LogP contribution in [-0.4, -0.2) is 15.7 Å². The lowest BCUT2D eigenvalue weighted by Crippen LogP contribution is -2.14. The maximum Gasteiger partial charge on any atom is 0.257 e. The van der Waals surface area contributed by atoms with Crippen LogP contribution in [0.1, 0.15) is 20.8 Å². The molecule has 4 aromatic rings. The van der Waals surface area contributed by atoms with Crippen molar-refractivity contribution >= 4 is 34.8 Å². The number of anilines is 1. The third kappa shape index (κ3) is 4.71. The molecule has 140 valence electrons. The number of amides is 1. The van der Waals surface area contributed by atoms with E-state index in [2.05, 4.69) is 34.0 Å². The first-order valence-corrected chi connectivity index (χ1v) is 10.8. The van der Waals surface area contributed by atoms with Crippen LogP contribution in [0.4, 0.5) is 5.82 Å². The van der Waals surface area contributed by atoms with E-state index in [0.717, 1.165) is 10.6 Å². The van der Waals surface area contributed by atoms with Gasteiger partial charge in [-0.05, 0) is 29.1 Å². The Morgan fingerprint density at radius 3 is 2.64 bits per heavy atom. The highest BCUT2D eigenvalue weighted by molar-refractivity contribution is 7.98. The lowest BCUT2D eigenvalue weighted by Gasteiger charge is -2.08. The number of thiophene rings is 1. The normalized spacial score (nSPS) is 10.7. The molecule has 4 rings (SSSR count). The lowest BCUT2D eigenvalue weighted by atomic mass is 10.2. The van der Waals surface area contributed by atoms with Crippen molar-refractivity contribution in [3.8, 4) is 0 Å². The molecule has 0 saturated carbocycles. The Morgan fingerprint density at radius 2 is 1.82 bits per heavy atom. The zero-order chi connectivity index (χ0) is 19.2. The van der Waals surface area contributed by atoms with Gasteiger partial charge in [-0.2, -0.15) is 5.10 Å². The van der Waals surface area contributed by atoms with Crippen molar-refractivity contribution < 1.29 is 4.79 Å². The van der Waals surface area contributed by atoms with Gasteiger partial charge < -0.3 is 5.32 Å². The van der Waals surface area contributed by atoms with Gasteiger partial charge in [-0.15, -0.1) is 23.1 Å². The topological polar surface area (TPSA) is 46.9 Å². The number of rotatable bonds is 7. The van der Waals surface area contributed by atoms with Crippen molar-refractivity contribution in [1.82, 2.24) is 9.78 Å². The van der Waals surface area contributed by atoms with Gasteiger partial charge in [0.15, 0.2) is 5.82 Å². The number of thioether (sulfide) groups is 1. The molecule has 0 saturated heterocycles. The summed E-state index contributed by atoms with van der Waals surface area (Å²) in [6.07, 6.45) is 1.88. The highest BCUT2D eigenvalue weighted by Gasteiger charge is 2.13. The smallest absolute Gasteiger partial charge is 0.257 e. The second-order valence-electron chi connectivity index (χ2n) is 6.20. The number of nitrogens with one attached hydrogen (secondary N) is 1. The zero-order valence-electron chi connectivity index (χ0n) is 15.1. The maximum absolute atomic E-state index is 12.8. The standard InChI is InChI=1S/C22H19N3OS2/c26-22(19-10-4-5-11-20(19)28-16-18-9-6-14-27-18)23-21-12-13-25(24-21)15-17-7-2-1-3-8-17/h1-14H,15-16H2,(H,23,24,26). The summed E-state index contributed by atoms with van der Waals surface area (Å²) in [4.78, 5) is 15.1. The van der Waals surface area contributed by atoms with Gasteiger partial charge >= 0.3 is 0 Å². The molecule has 0 fully saturated rings. The summed E-state index contributed by atoms with van der Waals surface area (Å²) in [5.74, 6) is 1.27. The van der Waals surface area contributed by atoms with Crippen LogP contribution >= 0.6 is 23.1 Å². The van der Waals surface area contributed by atoms with E-state index in [0.29, 0.717) is 17.9 Å². The zero-order valence-corrected chi connectivity index (χ0v) is 16.7. The van der Waals surface area contributed by atoms with Gasteiger partial charge in [0.1, 0.15) is 0 Å². The molecule has 1 N–H and O–H groups in total. The van der Waals surface area contributed by atoms with Gasteiger partial charge in [-0.1, -0.05) is 48.5 Å². The molecule has 6 heteroatoms. The molecular formula is C22H19N3OS2. The predicted octanol–water partition coefficient (Wildman–Crippen LogP) is 5.54. The van der Waals surface area contributed by atoms with Crippen LogP contribution in [0.15, 0.2) is 89.3 Å². The monoisotopic (exact) mass is 405 g/mol. The van der Waals surface area contributed by atoms with E-state index in [9.17, 15) is 4.79 Å². The number of aromatic nitrogens is 2. The summed E-state index contributed by atoms with van der Waals surface area (Å²) in [6.45, 7) is 0.671. The van der Waals surface area contributed by atoms with Gasteiger partial charge in [0.05, 0.1) is 12.1 Å². The fraction of sp³-hybridized carbons (Fsp3) is 0.0909. The number of nitrogens with zero attached hydrogens (tertiary/aromatic N) is 2. The minimum atomic E-state index is -0.140. The largest absolute Gasteiger partial charge is 0.305 e. The molecule has 28 heavy (non-hydrogen) atoms. The SMILES string of the molecule is O=C(Nc1ccn(Cc2ccccc2)n1)c1ccccc1SCc1cccs1. The van der Waals surface area contributed by atoms with Gasteiger partial charge in [0.2, 0.25) is 0 Å². The second kappa shape index (κ2) is 8.91. The minimum absolute atomic E-state index is 0.140. The summed E-state index contributed by atoms with van der Waals surface area (Å²) >= 11 is 3.40. The van der Waals surface area contributed by atoms with Crippen LogP contribution in [0.5, 0.6) is 0 Å². The van der Waals surface area contributed by atoms with Gasteiger partial charge in [-0.3, -0.25) is 9.48 Å². The summed E-state index contributed by atoms with van der Waals surface area (Å²) in [5.41, 5.74) is 1.83. The summed E-state index contributed by atoms with van der Waals surface area (Å²) in [6, 6.07) is 23.8. The summed E-state index contributed by atoms with van der Waals surface area (Å²) in [5, 5.41) is 9.45. The Morgan fingerprint density at radius 1 is 1.00 bits per heavy atom. The number of carbonyl (C=O) groups is 1. The average molecular weight is 406 g/mol. The van der Waals surface area contributed by atoms with Crippen molar-refractivity contribution in [2.45, 2.75) is 17.2 Å². The summed E-state index contributed by atoms with van der Waals surface area (Å²) < 4.78 is 1.82. The van der Waals surface area contributed by atoms with Crippen LogP contribution in [0.25, 0.3) is 0 Å². The van der Waals surface area contributed by atoms with E-state index in [1.807, 2.05) is 65.5 Å². The highest BCUT2D eigenvalue weighted by atomic mass is 32.2. The number of hydrogen-bond acceptors (Lipinski definition) is 4. The van der Waals surface area contributed by atoms with Gasteiger partial charge in [0, 0.05) is 27.8 Å². The second-order valence-corrected chi connectivity index (χ2v) is 8.25. The van der Waals surface area contributed by atoms with Crippen LogP contribution in [0, 0.1) is 0 Å². The Balaban J connectivity index is 1.42. The molecule has 1 amide bonds. The number of hydrogen-bond donors (Lipinski definition) is 1. The third-order valence-electron chi connectivity index (χ3n) is 4.15. The van der Waals surface area contributed by atoms with Crippen molar-refractivity contribution in [3.05, 3.63) is 100 Å². The van der Waals surface area contributed by atoms with Crippen molar-refractivity contribution in [2.24, 2.45) is 0 Å². The molecule has 0 aliphatic carbocycles. The fourth-order valence-corrected chi connectivity index (χ4v) is 4.62. The van der Waals surface area contributed by atoms with E-state index in [4.69, 9.17) is 0 Å². The molecule has 0 radical (unpaired) electrons. The minimum Gasteiger partial charge on any atom is -0.305 e. The quantitative estimate of drug-likeness (QED) is 0.411. The van der Waals surface area contributed by atoms with Gasteiger partial charge in [-0.25, -0.2) is 0 Å². The molecule has 2 heterocycles. The first kappa shape index (κ1) is 18.5. The van der Waals surface area contributed by atoms with E-state index in [1.165, 1.54) is 10.4 Å². The number of carbonyl (C=O) groups excluding carboxylic acids is 1. The summed E-state index contributed by atoms with van der Waals surface area (Å²) in [7, 11) is 0.